The highest BCUT2D eigenvalue weighted by atomic mass is 16.5. The molecule has 2 rings (SSSR count). The van der Waals surface area contributed by atoms with Crippen molar-refractivity contribution in [1.82, 2.24) is 4.90 Å². The summed E-state index contributed by atoms with van der Waals surface area (Å²) in [5.41, 5.74) is 7.50. The van der Waals surface area contributed by atoms with Gasteiger partial charge in [0.1, 0.15) is 5.75 Å². The van der Waals surface area contributed by atoms with Gasteiger partial charge in [-0.05, 0) is 19.9 Å². The maximum atomic E-state index is 11.7. The van der Waals surface area contributed by atoms with Gasteiger partial charge in [-0.25, -0.2) is 0 Å². The smallest absolute Gasteiger partial charge is 0.241 e. The van der Waals surface area contributed by atoms with Crippen molar-refractivity contribution in [2.45, 2.75) is 20.0 Å². The standard InChI is InChI=1S/C14H21N3O2/c1-10(2)19-13-7-11(15)6-12(8-13)17-5-4-16(3)14(18)9-17/h6-8,10H,4-5,9,15H2,1-3H3. The molecule has 1 amide bonds. The zero-order chi connectivity index (χ0) is 14.0. The van der Waals surface area contributed by atoms with E-state index in [1.54, 1.807) is 11.0 Å². The molecule has 1 aliphatic rings. The van der Waals surface area contributed by atoms with Crippen molar-refractivity contribution in [2.75, 3.05) is 37.3 Å². The van der Waals surface area contributed by atoms with E-state index in [1.165, 1.54) is 0 Å². The van der Waals surface area contributed by atoms with E-state index in [0.29, 0.717) is 12.2 Å². The van der Waals surface area contributed by atoms with Crippen LogP contribution >= 0.6 is 0 Å². The molecule has 2 N–H and O–H groups in total. The first kappa shape index (κ1) is 13.5. The van der Waals surface area contributed by atoms with Crippen LogP contribution in [0.1, 0.15) is 13.8 Å². The summed E-state index contributed by atoms with van der Waals surface area (Å²) in [6.07, 6.45) is 0.101. The summed E-state index contributed by atoms with van der Waals surface area (Å²) in [5.74, 6) is 0.872. The van der Waals surface area contributed by atoms with Crippen LogP contribution in [0.15, 0.2) is 18.2 Å². The van der Waals surface area contributed by atoms with E-state index in [-0.39, 0.29) is 12.0 Å². The molecular formula is C14H21N3O2. The van der Waals surface area contributed by atoms with E-state index < -0.39 is 0 Å². The Morgan fingerprint density at radius 3 is 2.63 bits per heavy atom. The molecule has 1 heterocycles. The first-order valence-corrected chi connectivity index (χ1v) is 6.52. The summed E-state index contributed by atoms with van der Waals surface area (Å²) in [5, 5.41) is 0. The van der Waals surface area contributed by atoms with Crippen LogP contribution < -0.4 is 15.4 Å². The van der Waals surface area contributed by atoms with Gasteiger partial charge in [-0.1, -0.05) is 0 Å². The van der Waals surface area contributed by atoms with Crippen LogP contribution in [0.3, 0.4) is 0 Å². The second kappa shape index (κ2) is 5.38. The molecule has 0 unspecified atom stereocenters. The van der Waals surface area contributed by atoms with Crippen molar-refractivity contribution in [3.8, 4) is 5.75 Å². The quantitative estimate of drug-likeness (QED) is 0.836. The van der Waals surface area contributed by atoms with Crippen molar-refractivity contribution in [3.63, 3.8) is 0 Å². The molecule has 0 spiro atoms. The lowest BCUT2D eigenvalue weighted by Crippen LogP contribution is -2.48. The molecule has 0 saturated carbocycles. The van der Waals surface area contributed by atoms with Gasteiger partial charge in [0.15, 0.2) is 0 Å². The maximum Gasteiger partial charge on any atom is 0.241 e. The number of anilines is 2. The second-order valence-electron chi connectivity index (χ2n) is 5.16. The van der Waals surface area contributed by atoms with Crippen molar-refractivity contribution in [3.05, 3.63) is 18.2 Å². The van der Waals surface area contributed by atoms with Crippen LogP contribution in [-0.2, 0) is 4.79 Å². The lowest BCUT2D eigenvalue weighted by atomic mass is 10.2. The van der Waals surface area contributed by atoms with Crippen molar-refractivity contribution < 1.29 is 9.53 Å². The Labute approximate surface area is 113 Å². The third-order valence-corrected chi connectivity index (χ3v) is 3.11. The van der Waals surface area contributed by atoms with E-state index in [1.807, 2.05) is 37.9 Å². The zero-order valence-electron chi connectivity index (χ0n) is 11.7. The van der Waals surface area contributed by atoms with E-state index >= 15 is 0 Å². The molecule has 0 aromatic heterocycles. The molecule has 19 heavy (non-hydrogen) atoms. The Morgan fingerprint density at radius 1 is 1.26 bits per heavy atom. The van der Waals surface area contributed by atoms with Crippen LogP contribution in [0, 0.1) is 0 Å². The van der Waals surface area contributed by atoms with Gasteiger partial charge in [0.05, 0.1) is 12.6 Å². The fraction of sp³-hybridized carbons (Fsp3) is 0.500. The molecular weight excluding hydrogens is 242 g/mol. The fourth-order valence-corrected chi connectivity index (χ4v) is 2.11. The molecule has 104 valence electrons. The predicted molar refractivity (Wildman–Crippen MR) is 76.5 cm³/mol. The number of likely N-dealkylation sites (N-methyl/N-ethyl adjacent to an activating group) is 1. The predicted octanol–water partition coefficient (Wildman–Crippen LogP) is 1.33. The van der Waals surface area contributed by atoms with Crippen LogP contribution in [0.2, 0.25) is 0 Å². The summed E-state index contributed by atoms with van der Waals surface area (Å²) in [6.45, 7) is 5.88. The van der Waals surface area contributed by atoms with Gasteiger partial charge < -0.3 is 20.3 Å². The van der Waals surface area contributed by atoms with Gasteiger partial charge in [0.25, 0.3) is 0 Å². The number of nitrogens with zero attached hydrogens (tertiary/aromatic N) is 2. The van der Waals surface area contributed by atoms with Crippen LogP contribution in [0.4, 0.5) is 11.4 Å². The molecule has 1 saturated heterocycles. The number of carbonyl (C=O) groups excluding carboxylic acids is 1. The summed E-state index contributed by atoms with van der Waals surface area (Å²) in [4.78, 5) is 15.5. The Bertz CT molecular complexity index is 474. The minimum absolute atomic E-state index is 0.101. The van der Waals surface area contributed by atoms with Crippen LogP contribution in [0.5, 0.6) is 5.75 Å². The van der Waals surface area contributed by atoms with Crippen LogP contribution in [-0.4, -0.2) is 43.6 Å². The Kier molecular flexibility index (Phi) is 3.83. The van der Waals surface area contributed by atoms with E-state index in [0.717, 1.165) is 24.5 Å². The van der Waals surface area contributed by atoms with Gasteiger partial charge in [0.2, 0.25) is 5.91 Å². The van der Waals surface area contributed by atoms with Crippen LogP contribution in [0.25, 0.3) is 0 Å². The number of piperazine rings is 1. The van der Waals surface area contributed by atoms with Crippen molar-refractivity contribution >= 4 is 17.3 Å². The summed E-state index contributed by atoms with van der Waals surface area (Å²) < 4.78 is 5.67. The topological polar surface area (TPSA) is 58.8 Å². The molecule has 1 aromatic rings. The van der Waals surface area contributed by atoms with Gasteiger partial charge >= 0.3 is 0 Å². The second-order valence-corrected chi connectivity index (χ2v) is 5.16. The normalized spacial score (nSPS) is 16.1. The number of nitrogen functional groups attached to an aromatic ring is 1. The average molecular weight is 263 g/mol. The number of carbonyl (C=O) groups is 1. The average Bonchev–Trinajstić information content (AvgIpc) is 2.31. The minimum Gasteiger partial charge on any atom is -0.491 e. The molecule has 5 nitrogen and oxygen atoms in total. The van der Waals surface area contributed by atoms with Crippen molar-refractivity contribution in [1.29, 1.82) is 0 Å². The van der Waals surface area contributed by atoms with Gasteiger partial charge in [-0.3, -0.25) is 4.79 Å². The number of benzene rings is 1. The molecule has 0 atom stereocenters. The molecule has 0 aliphatic carbocycles. The number of ether oxygens (including phenoxy) is 1. The molecule has 1 aliphatic heterocycles. The number of amides is 1. The highest BCUT2D eigenvalue weighted by Gasteiger charge is 2.21. The molecule has 5 heteroatoms. The minimum atomic E-state index is 0.101. The highest BCUT2D eigenvalue weighted by Crippen LogP contribution is 2.27. The number of hydrogen-bond donors (Lipinski definition) is 1. The molecule has 0 radical (unpaired) electrons. The Morgan fingerprint density at radius 2 is 2.00 bits per heavy atom. The lowest BCUT2D eigenvalue weighted by molar-refractivity contribution is -0.129. The highest BCUT2D eigenvalue weighted by molar-refractivity contribution is 5.83. The first-order chi connectivity index (χ1) is 8.95. The summed E-state index contributed by atoms with van der Waals surface area (Å²) in [6, 6.07) is 5.63. The third-order valence-electron chi connectivity index (χ3n) is 3.11. The van der Waals surface area contributed by atoms with E-state index in [4.69, 9.17) is 10.5 Å². The van der Waals surface area contributed by atoms with E-state index in [2.05, 4.69) is 0 Å². The monoisotopic (exact) mass is 263 g/mol. The fourth-order valence-electron chi connectivity index (χ4n) is 2.11. The SMILES string of the molecule is CC(C)Oc1cc(N)cc(N2CCN(C)C(=O)C2)c1. The Balaban J connectivity index is 2.20. The van der Waals surface area contributed by atoms with E-state index in [9.17, 15) is 4.79 Å². The Hall–Kier alpha value is -1.91. The third kappa shape index (κ3) is 3.30. The largest absolute Gasteiger partial charge is 0.491 e. The number of hydrogen-bond acceptors (Lipinski definition) is 4. The summed E-state index contributed by atoms with van der Waals surface area (Å²) in [7, 11) is 1.83. The number of rotatable bonds is 3. The molecule has 1 fully saturated rings. The van der Waals surface area contributed by atoms with Gasteiger partial charge in [0, 0.05) is 43.6 Å². The number of nitrogens with two attached hydrogens (primary N) is 1. The first-order valence-electron chi connectivity index (χ1n) is 6.52. The van der Waals surface area contributed by atoms with Gasteiger partial charge in [-0.15, -0.1) is 0 Å². The summed E-state index contributed by atoms with van der Waals surface area (Å²) >= 11 is 0. The zero-order valence-corrected chi connectivity index (χ0v) is 11.7. The molecule has 0 bridgehead atoms. The van der Waals surface area contributed by atoms with Gasteiger partial charge in [-0.2, -0.15) is 0 Å². The van der Waals surface area contributed by atoms with Crippen molar-refractivity contribution in [2.24, 2.45) is 0 Å². The lowest BCUT2D eigenvalue weighted by Gasteiger charge is -2.33. The maximum absolute atomic E-state index is 11.7. The molecule has 1 aromatic carbocycles.